The maximum Gasteiger partial charge on any atom is 0.263 e. The third-order valence-corrected chi connectivity index (χ3v) is 6.59. The van der Waals surface area contributed by atoms with Crippen LogP contribution in [0, 0.1) is 0 Å². The van der Waals surface area contributed by atoms with Crippen LogP contribution in [0.4, 0.5) is 5.95 Å². The van der Waals surface area contributed by atoms with Gasteiger partial charge in [-0.15, -0.1) is 11.3 Å². The van der Waals surface area contributed by atoms with Crippen LogP contribution in [0.15, 0.2) is 30.6 Å². The smallest absolute Gasteiger partial charge is 0.263 e. The van der Waals surface area contributed by atoms with Gasteiger partial charge in [-0.2, -0.15) is 0 Å². The zero-order valence-electron chi connectivity index (χ0n) is 14.1. The Kier molecular flexibility index (Phi) is 5.41. The number of nitrogens with one attached hydrogen (secondary N) is 1. The first-order valence-electron chi connectivity index (χ1n) is 8.43. The van der Waals surface area contributed by atoms with Crippen molar-refractivity contribution < 1.29 is 4.79 Å². The number of thiophene rings is 1. The first-order chi connectivity index (χ1) is 13.0. The van der Waals surface area contributed by atoms with E-state index in [0.717, 1.165) is 24.1 Å². The molecule has 3 aromatic rings. The van der Waals surface area contributed by atoms with Crippen LogP contribution >= 0.6 is 46.1 Å². The highest BCUT2D eigenvalue weighted by Crippen LogP contribution is 2.41. The minimum absolute atomic E-state index is 0.00426. The van der Waals surface area contributed by atoms with Gasteiger partial charge in [-0.25, -0.2) is 9.97 Å². The van der Waals surface area contributed by atoms with Crippen molar-refractivity contribution in [1.29, 1.82) is 0 Å². The van der Waals surface area contributed by atoms with Crippen molar-refractivity contribution >= 4 is 68.1 Å². The lowest BCUT2D eigenvalue weighted by Gasteiger charge is -2.33. The fourth-order valence-corrected chi connectivity index (χ4v) is 5.52. The van der Waals surface area contributed by atoms with Crippen LogP contribution in [0.3, 0.4) is 0 Å². The minimum Gasteiger partial charge on any atom is -0.347 e. The number of carbonyl (C=O) groups is 1. The van der Waals surface area contributed by atoms with Crippen molar-refractivity contribution in [2.45, 2.75) is 18.9 Å². The van der Waals surface area contributed by atoms with Gasteiger partial charge >= 0.3 is 0 Å². The molecule has 1 amide bonds. The largest absolute Gasteiger partial charge is 0.347 e. The zero-order chi connectivity index (χ0) is 19.0. The third-order valence-electron chi connectivity index (χ3n) is 4.45. The molecule has 0 aliphatic carbocycles. The van der Waals surface area contributed by atoms with E-state index in [1.54, 1.807) is 30.6 Å². The zero-order valence-corrected chi connectivity index (χ0v) is 17.2. The van der Waals surface area contributed by atoms with Gasteiger partial charge in [0.25, 0.3) is 5.91 Å². The molecule has 2 aromatic heterocycles. The first-order valence-corrected chi connectivity index (χ1v) is 10.4. The summed E-state index contributed by atoms with van der Waals surface area (Å²) < 4.78 is 0.797. The molecule has 1 unspecified atom stereocenters. The summed E-state index contributed by atoms with van der Waals surface area (Å²) >= 11 is 20.0. The fourth-order valence-electron chi connectivity index (χ4n) is 3.24. The topological polar surface area (TPSA) is 58.1 Å². The van der Waals surface area contributed by atoms with E-state index in [4.69, 9.17) is 34.8 Å². The molecular formula is C18H15Cl3N4OS. The Balaban J connectivity index is 1.53. The second-order valence-electron chi connectivity index (χ2n) is 6.31. The summed E-state index contributed by atoms with van der Waals surface area (Å²) in [7, 11) is 0. The monoisotopic (exact) mass is 440 g/mol. The number of hydrogen-bond donors (Lipinski definition) is 1. The molecule has 27 heavy (non-hydrogen) atoms. The molecule has 1 atom stereocenters. The van der Waals surface area contributed by atoms with E-state index in [9.17, 15) is 4.79 Å². The standard InChI is InChI=1S/C18H15Cl3N4OS/c19-10-7-12(20)14-13(8-10)27-16(15(14)21)17(26)24-11-3-1-6-25(9-11)18-22-4-2-5-23-18/h2,4-5,7-8,11H,1,3,6,9H2,(H,24,26). The van der Waals surface area contributed by atoms with Crippen LogP contribution in [0.25, 0.3) is 10.1 Å². The normalized spacial score (nSPS) is 17.3. The number of halogens is 3. The highest BCUT2D eigenvalue weighted by Gasteiger charge is 2.26. The number of piperidine rings is 1. The quantitative estimate of drug-likeness (QED) is 0.618. The summed E-state index contributed by atoms with van der Waals surface area (Å²) in [6.07, 6.45) is 5.28. The van der Waals surface area contributed by atoms with E-state index in [2.05, 4.69) is 20.2 Å². The Morgan fingerprint density at radius 3 is 2.78 bits per heavy atom. The summed E-state index contributed by atoms with van der Waals surface area (Å²) in [6.45, 7) is 1.53. The second kappa shape index (κ2) is 7.80. The molecule has 3 heterocycles. The van der Waals surface area contributed by atoms with E-state index in [1.807, 2.05) is 0 Å². The molecule has 4 rings (SSSR count). The van der Waals surface area contributed by atoms with Crippen molar-refractivity contribution in [3.63, 3.8) is 0 Å². The van der Waals surface area contributed by atoms with Gasteiger partial charge in [-0.05, 0) is 31.0 Å². The molecular weight excluding hydrogens is 427 g/mol. The second-order valence-corrected chi connectivity index (χ2v) is 8.59. The molecule has 5 nitrogen and oxygen atoms in total. The van der Waals surface area contributed by atoms with Gasteiger partial charge < -0.3 is 10.2 Å². The van der Waals surface area contributed by atoms with Crippen LogP contribution in [-0.2, 0) is 0 Å². The maximum absolute atomic E-state index is 12.8. The number of aromatic nitrogens is 2. The average molecular weight is 442 g/mol. The van der Waals surface area contributed by atoms with E-state index < -0.39 is 0 Å². The van der Waals surface area contributed by atoms with E-state index >= 15 is 0 Å². The molecule has 0 saturated carbocycles. The molecule has 140 valence electrons. The summed E-state index contributed by atoms with van der Waals surface area (Å²) in [5, 5.41) is 5.08. The molecule has 9 heteroatoms. The Hall–Kier alpha value is -1.60. The van der Waals surface area contributed by atoms with Gasteiger partial charge in [-0.3, -0.25) is 4.79 Å². The van der Waals surface area contributed by atoms with Crippen LogP contribution < -0.4 is 10.2 Å². The highest BCUT2D eigenvalue weighted by atomic mass is 35.5. The summed E-state index contributed by atoms with van der Waals surface area (Å²) in [6, 6.07) is 5.18. The lowest BCUT2D eigenvalue weighted by Crippen LogP contribution is -2.48. The summed E-state index contributed by atoms with van der Waals surface area (Å²) in [4.78, 5) is 23.9. The third kappa shape index (κ3) is 3.85. The Labute approximate surface area is 175 Å². The summed E-state index contributed by atoms with van der Waals surface area (Å²) in [5.74, 6) is 0.479. The molecule has 1 aromatic carbocycles. The predicted octanol–water partition coefficient (Wildman–Crippen LogP) is 5.05. The molecule has 0 spiro atoms. The Morgan fingerprint density at radius 2 is 2.00 bits per heavy atom. The SMILES string of the molecule is O=C(NC1CCCN(c2ncccn2)C1)c1sc2cc(Cl)cc(Cl)c2c1Cl. The molecule has 1 N–H and O–H groups in total. The Morgan fingerprint density at radius 1 is 1.22 bits per heavy atom. The number of rotatable bonds is 3. The first kappa shape index (κ1) is 18.7. The molecule has 1 fully saturated rings. The summed E-state index contributed by atoms with van der Waals surface area (Å²) in [5.41, 5.74) is 0. The van der Waals surface area contributed by atoms with Crippen molar-refractivity contribution in [3.8, 4) is 0 Å². The lowest BCUT2D eigenvalue weighted by atomic mass is 10.1. The van der Waals surface area contributed by atoms with Crippen molar-refractivity contribution in [2.75, 3.05) is 18.0 Å². The average Bonchev–Trinajstić information content (AvgIpc) is 2.99. The highest BCUT2D eigenvalue weighted by molar-refractivity contribution is 7.21. The van der Waals surface area contributed by atoms with E-state index in [0.29, 0.717) is 37.8 Å². The van der Waals surface area contributed by atoms with Gasteiger partial charge in [-0.1, -0.05) is 34.8 Å². The fraction of sp³-hybridized carbons (Fsp3) is 0.278. The van der Waals surface area contributed by atoms with Crippen molar-refractivity contribution in [1.82, 2.24) is 15.3 Å². The number of fused-ring (bicyclic) bond motifs is 1. The van der Waals surface area contributed by atoms with Crippen LogP contribution in [-0.4, -0.2) is 35.0 Å². The van der Waals surface area contributed by atoms with Gasteiger partial charge in [0.05, 0.1) is 10.0 Å². The predicted molar refractivity (Wildman–Crippen MR) is 112 cm³/mol. The Bertz CT molecular complexity index is 995. The number of benzene rings is 1. The van der Waals surface area contributed by atoms with Gasteiger partial charge in [0.1, 0.15) is 4.88 Å². The molecule has 1 saturated heterocycles. The van der Waals surface area contributed by atoms with E-state index in [-0.39, 0.29) is 11.9 Å². The molecule has 0 bridgehead atoms. The number of carbonyl (C=O) groups excluding carboxylic acids is 1. The van der Waals surface area contributed by atoms with E-state index in [1.165, 1.54) is 11.3 Å². The van der Waals surface area contributed by atoms with Crippen LogP contribution in [0.2, 0.25) is 15.1 Å². The van der Waals surface area contributed by atoms with Gasteiger partial charge in [0.2, 0.25) is 5.95 Å². The van der Waals surface area contributed by atoms with Crippen LogP contribution in [0.1, 0.15) is 22.5 Å². The maximum atomic E-state index is 12.8. The molecule has 1 aliphatic heterocycles. The number of amides is 1. The molecule has 0 radical (unpaired) electrons. The minimum atomic E-state index is -0.200. The van der Waals surface area contributed by atoms with Crippen molar-refractivity contribution in [3.05, 3.63) is 50.5 Å². The number of anilines is 1. The molecule has 1 aliphatic rings. The van der Waals surface area contributed by atoms with Crippen LogP contribution in [0.5, 0.6) is 0 Å². The van der Waals surface area contributed by atoms with Crippen molar-refractivity contribution in [2.24, 2.45) is 0 Å². The van der Waals surface area contributed by atoms with Gasteiger partial charge in [0, 0.05) is 46.6 Å². The lowest BCUT2D eigenvalue weighted by molar-refractivity contribution is 0.0937. The van der Waals surface area contributed by atoms with Gasteiger partial charge in [0.15, 0.2) is 0 Å². The number of hydrogen-bond acceptors (Lipinski definition) is 5. The number of nitrogens with zero attached hydrogens (tertiary/aromatic N) is 3.